The van der Waals surface area contributed by atoms with Crippen LogP contribution in [-0.4, -0.2) is 70.4 Å². The highest BCUT2D eigenvalue weighted by atomic mass is 35.5. The van der Waals surface area contributed by atoms with Crippen molar-refractivity contribution < 1.29 is 18.7 Å². The lowest BCUT2D eigenvalue weighted by Crippen LogP contribution is -2.44. The van der Waals surface area contributed by atoms with Gasteiger partial charge in [-0.1, -0.05) is 0 Å². The van der Waals surface area contributed by atoms with E-state index < -0.39 is 0 Å². The molecule has 2 N–H and O–H groups in total. The van der Waals surface area contributed by atoms with Crippen LogP contribution >= 0.6 is 12.4 Å². The second-order valence-corrected chi connectivity index (χ2v) is 6.05. The third kappa shape index (κ3) is 7.97. The van der Waals surface area contributed by atoms with E-state index in [0.29, 0.717) is 30.9 Å². The van der Waals surface area contributed by atoms with Crippen molar-refractivity contribution in [3.63, 3.8) is 0 Å². The predicted molar refractivity (Wildman–Crippen MR) is 101 cm³/mol. The maximum absolute atomic E-state index is 13.8. The number of benzene rings is 1. The van der Waals surface area contributed by atoms with Crippen molar-refractivity contribution in [1.29, 1.82) is 0 Å². The summed E-state index contributed by atoms with van der Waals surface area (Å²) in [7, 11) is 1.58. The first kappa shape index (κ1) is 22.8. The average molecular weight is 390 g/mol. The fraction of sp³-hybridized carbons (Fsp3) is 0.611. The van der Waals surface area contributed by atoms with Crippen molar-refractivity contribution in [1.82, 2.24) is 15.5 Å². The Morgan fingerprint density at radius 3 is 2.81 bits per heavy atom. The van der Waals surface area contributed by atoms with E-state index in [2.05, 4.69) is 15.5 Å². The second kappa shape index (κ2) is 13.0. The zero-order chi connectivity index (χ0) is 17.9. The van der Waals surface area contributed by atoms with Gasteiger partial charge < -0.3 is 25.0 Å². The molecule has 1 fully saturated rings. The number of nitrogens with zero attached hydrogens (tertiary/aromatic N) is 1. The molecule has 0 radical (unpaired) electrons. The van der Waals surface area contributed by atoms with Crippen LogP contribution in [0.4, 0.5) is 4.39 Å². The van der Waals surface area contributed by atoms with E-state index in [9.17, 15) is 9.18 Å². The zero-order valence-electron chi connectivity index (χ0n) is 15.3. The van der Waals surface area contributed by atoms with Crippen molar-refractivity contribution >= 4 is 18.3 Å². The molecular formula is C18H29ClFN3O3. The highest BCUT2D eigenvalue weighted by molar-refractivity contribution is 5.94. The predicted octanol–water partition coefficient (Wildman–Crippen LogP) is 1.44. The van der Waals surface area contributed by atoms with Gasteiger partial charge in [-0.05, 0) is 31.2 Å². The molecule has 8 heteroatoms. The number of hydrogen-bond acceptors (Lipinski definition) is 5. The highest BCUT2D eigenvalue weighted by Crippen LogP contribution is 2.12. The minimum Gasteiger partial charge on any atom is -0.382 e. The van der Waals surface area contributed by atoms with Gasteiger partial charge in [0, 0.05) is 51.0 Å². The van der Waals surface area contributed by atoms with E-state index >= 15 is 0 Å². The van der Waals surface area contributed by atoms with Gasteiger partial charge in [0.1, 0.15) is 5.82 Å². The third-order valence-corrected chi connectivity index (χ3v) is 4.14. The number of amides is 1. The quantitative estimate of drug-likeness (QED) is 0.593. The molecule has 1 aromatic rings. The standard InChI is InChI=1S/C18H28FN3O3.ClH/c1-24-11-12-25-14-16-13-15(3-4-17(16)19)18(23)21-5-2-8-22-9-6-20-7-10-22;/h3-4,13,20H,2,5-12,14H2,1H3,(H,21,23);1H. The summed E-state index contributed by atoms with van der Waals surface area (Å²) < 4.78 is 24.0. The molecule has 1 aliphatic rings. The second-order valence-electron chi connectivity index (χ2n) is 6.05. The molecule has 1 amide bonds. The van der Waals surface area contributed by atoms with Crippen LogP contribution in [0.25, 0.3) is 0 Å². The summed E-state index contributed by atoms with van der Waals surface area (Å²) in [6, 6.07) is 4.36. The minimum absolute atomic E-state index is 0. The lowest BCUT2D eigenvalue weighted by atomic mass is 10.1. The van der Waals surface area contributed by atoms with Crippen molar-refractivity contribution in [2.24, 2.45) is 0 Å². The maximum Gasteiger partial charge on any atom is 0.251 e. The molecule has 148 valence electrons. The number of nitrogens with one attached hydrogen (secondary N) is 2. The Hall–Kier alpha value is -1.25. The number of carbonyl (C=O) groups is 1. The number of halogens is 2. The van der Waals surface area contributed by atoms with Gasteiger partial charge >= 0.3 is 0 Å². The smallest absolute Gasteiger partial charge is 0.251 e. The summed E-state index contributed by atoms with van der Waals surface area (Å²) in [5.74, 6) is -0.550. The van der Waals surface area contributed by atoms with Gasteiger partial charge in [-0.3, -0.25) is 4.79 Å². The first-order valence-electron chi connectivity index (χ1n) is 8.77. The molecule has 0 saturated carbocycles. The lowest BCUT2D eigenvalue weighted by Gasteiger charge is -2.27. The van der Waals surface area contributed by atoms with Crippen molar-refractivity contribution in [2.75, 3.05) is 59.6 Å². The van der Waals surface area contributed by atoms with Gasteiger partial charge in [0.2, 0.25) is 0 Å². The number of hydrogen-bond donors (Lipinski definition) is 2. The molecule has 1 aromatic carbocycles. The van der Waals surface area contributed by atoms with Gasteiger partial charge in [0.05, 0.1) is 19.8 Å². The molecule has 0 spiro atoms. The van der Waals surface area contributed by atoms with Gasteiger partial charge in [-0.25, -0.2) is 4.39 Å². The lowest BCUT2D eigenvalue weighted by molar-refractivity contribution is 0.0604. The van der Waals surface area contributed by atoms with E-state index in [-0.39, 0.29) is 30.7 Å². The van der Waals surface area contributed by atoms with Crippen LogP contribution in [0.5, 0.6) is 0 Å². The van der Waals surface area contributed by atoms with Crippen molar-refractivity contribution in [3.8, 4) is 0 Å². The summed E-state index contributed by atoms with van der Waals surface area (Å²) >= 11 is 0. The molecule has 0 unspecified atom stereocenters. The number of ether oxygens (including phenoxy) is 2. The van der Waals surface area contributed by atoms with Crippen molar-refractivity contribution in [3.05, 3.63) is 35.1 Å². The summed E-state index contributed by atoms with van der Waals surface area (Å²) in [5, 5.41) is 6.21. The average Bonchev–Trinajstić information content (AvgIpc) is 2.64. The van der Waals surface area contributed by atoms with Crippen LogP contribution in [0, 0.1) is 5.82 Å². The fourth-order valence-corrected chi connectivity index (χ4v) is 2.69. The minimum atomic E-state index is -0.368. The molecular weight excluding hydrogens is 361 g/mol. The molecule has 26 heavy (non-hydrogen) atoms. The summed E-state index contributed by atoms with van der Waals surface area (Å²) in [6.45, 7) is 6.71. The van der Waals surface area contributed by atoms with Crippen LogP contribution in [0.1, 0.15) is 22.3 Å². The molecule has 0 aromatic heterocycles. The van der Waals surface area contributed by atoms with Crippen LogP contribution in [-0.2, 0) is 16.1 Å². The Morgan fingerprint density at radius 1 is 1.31 bits per heavy atom. The number of methoxy groups -OCH3 is 1. The number of piperazine rings is 1. The van der Waals surface area contributed by atoms with E-state index in [1.807, 2.05) is 0 Å². The molecule has 0 bridgehead atoms. The van der Waals surface area contributed by atoms with Gasteiger partial charge in [-0.15, -0.1) is 12.4 Å². The molecule has 1 saturated heterocycles. The van der Waals surface area contributed by atoms with Gasteiger partial charge in [-0.2, -0.15) is 0 Å². The van der Waals surface area contributed by atoms with Gasteiger partial charge in [0.25, 0.3) is 5.91 Å². The Balaban J connectivity index is 0.00000338. The van der Waals surface area contributed by atoms with E-state index in [0.717, 1.165) is 39.1 Å². The Labute approximate surface area is 160 Å². The maximum atomic E-state index is 13.8. The van der Waals surface area contributed by atoms with E-state index in [1.54, 1.807) is 13.2 Å². The molecule has 2 rings (SSSR count). The summed E-state index contributed by atoms with van der Waals surface area (Å²) in [5.41, 5.74) is 0.832. The molecule has 6 nitrogen and oxygen atoms in total. The Kier molecular flexibility index (Phi) is 11.4. The number of rotatable bonds is 10. The topological polar surface area (TPSA) is 62.8 Å². The first-order valence-corrected chi connectivity index (χ1v) is 8.77. The van der Waals surface area contributed by atoms with E-state index in [4.69, 9.17) is 9.47 Å². The molecule has 1 aliphatic heterocycles. The zero-order valence-corrected chi connectivity index (χ0v) is 16.1. The number of carbonyl (C=O) groups excluding carboxylic acids is 1. The van der Waals surface area contributed by atoms with Crippen LogP contribution in [0.15, 0.2) is 18.2 Å². The fourth-order valence-electron chi connectivity index (χ4n) is 2.69. The SMILES string of the molecule is COCCOCc1cc(C(=O)NCCCN2CCNCC2)ccc1F.Cl. The highest BCUT2D eigenvalue weighted by Gasteiger charge is 2.11. The summed E-state index contributed by atoms with van der Waals surface area (Å²) in [4.78, 5) is 14.6. The molecule has 1 heterocycles. The normalized spacial score (nSPS) is 14.7. The first-order chi connectivity index (χ1) is 12.2. The third-order valence-electron chi connectivity index (χ3n) is 4.14. The van der Waals surface area contributed by atoms with Gasteiger partial charge in [0.15, 0.2) is 0 Å². The van der Waals surface area contributed by atoms with Crippen molar-refractivity contribution in [2.45, 2.75) is 13.0 Å². The molecule has 0 atom stereocenters. The Morgan fingerprint density at radius 2 is 2.08 bits per heavy atom. The van der Waals surface area contributed by atoms with E-state index in [1.165, 1.54) is 12.1 Å². The largest absolute Gasteiger partial charge is 0.382 e. The monoisotopic (exact) mass is 389 g/mol. The Bertz CT molecular complexity index is 542. The van der Waals surface area contributed by atoms with Crippen LogP contribution < -0.4 is 10.6 Å². The molecule has 0 aliphatic carbocycles. The van der Waals surface area contributed by atoms with Crippen LogP contribution in [0.2, 0.25) is 0 Å². The summed E-state index contributed by atoms with van der Waals surface area (Å²) in [6.07, 6.45) is 0.903. The van der Waals surface area contributed by atoms with Crippen LogP contribution in [0.3, 0.4) is 0 Å².